The van der Waals surface area contributed by atoms with Gasteiger partial charge in [-0.3, -0.25) is 0 Å². The van der Waals surface area contributed by atoms with Gasteiger partial charge in [0.15, 0.2) is 0 Å². The van der Waals surface area contributed by atoms with E-state index in [0.29, 0.717) is 6.61 Å². The Morgan fingerprint density at radius 2 is 2.07 bits per heavy atom. The number of halogens is 1. The van der Waals surface area contributed by atoms with Gasteiger partial charge in [-0.1, -0.05) is 19.8 Å². The summed E-state index contributed by atoms with van der Waals surface area (Å²) >= 11 is 0. The average molecular weight is 281 g/mol. The molecule has 1 rings (SSSR count). The van der Waals surface area contributed by atoms with Gasteiger partial charge >= 0.3 is 23.1 Å². The van der Waals surface area contributed by atoms with Crippen LogP contribution in [0.3, 0.4) is 0 Å². The second-order valence-electron chi connectivity index (χ2n) is 3.15. The maximum absolute atomic E-state index is 5.49. The SMILES string of the molecule is CCCCCOCc1[c-]cccc1.[Br-].[Mg+2]. The summed E-state index contributed by atoms with van der Waals surface area (Å²) in [6.45, 7) is 3.77. The van der Waals surface area contributed by atoms with Crippen LogP contribution in [0.1, 0.15) is 31.7 Å². The third-order valence-electron chi connectivity index (χ3n) is 1.92. The van der Waals surface area contributed by atoms with Crippen LogP contribution in [0.15, 0.2) is 24.3 Å². The van der Waals surface area contributed by atoms with Crippen LogP contribution in [0.25, 0.3) is 0 Å². The fourth-order valence-corrected chi connectivity index (χ4v) is 1.16. The van der Waals surface area contributed by atoms with Gasteiger partial charge in [0.1, 0.15) is 0 Å². The zero-order chi connectivity index (χ0) is 9.36. The van der Waals surface area contributed by atoms with E-state index >= 15 is 0 Å². The van der Waals surface area contributed by atoms with Crippen molar-refractivity contribution in [3.63, 3.8) is 0 Å². The Kier molecular flexibility index (Phi) is 14.8. The van der Waals surface area contributed by atoms with Gasteiger partial charge in [-0.05, 0) is 6.42 Å². The van der Waals surface area contributed by atoms with Crippen LogP contribution < -0.4 is 17.0 Å². The molecular formula is C12H17BrMgO. The molecule has 0 saturated carbocycles. The van der Waals surface area contributed by atoms with E-state index in [1.807, 2.05) is 24.3 Å². The van der Waals surface area contributed by atoms with Crippen molar-refractivity contribution in [1.29, 1.82) is 0 Å². The molecule has 15 heavy (non-hydrogen) atoms. The minimum absolute atomic E-state index is 0. The molecular weight excluding hydrogens is 264 g/mol. The van der Waals surface area contributed by atoms with E-state index in [2.05, 4.69) is 13.0 Å². The molecule has 0 aliphatic heterocycles. The molecule has 0 bridgehead atoms. The Labute approximate surface area is 120 Å². The molecule has 1 nitrogen and oxygen atoms in total. The molecule has 0 spiro atoms. The Morgan fingerprint density at radius 1 is 1.27 bits per heavy atom. The monoisotopic (exact) mass is 280 g/mol. The molecule has 0 amide bonds. The Hall–Kier alpha value is 0.426. The molecule has 0 unspecified atom stereocenters. The van der Waals surface area contributed by atoms with Crippen molar-refractivity contribution in [3.05, 3.63) is 35.9 Å². The van der Waals surface area contributed by atoms with Gasteiger partial charge in [0.25, 0.3) is 0 Å². The number of hydrogen-bond donors (Lipinski definition) is 0. The summed E-state index contributed by atoms with van der Waals surface area (Å²) < 4.78 is 5.49. The van der Waals surface area contributed by atoms with E-state index in [-0.39, 0.29) is 40.0 Å². The largest absolute Gasteiger partial charge is 2.00 e. The Balaban J connectivity index is 0. The first-order chi connectivity index (χ1) is 6.43. The minimum atomic E-state index is 0. The zero-order valence-corrected chi connectivity index (χ0v) is 12.3. The van der Waals surface area contributed by atoms with Crippen molar-refractivity contribution in [2.24, 2.45) is 0 Å². The van der Waals surface area contributed by atoms with Crippen LogP contribution in [0.5, 0.6) is 0 Å². The van der Waals surface area contributed by atoms with Crippen LogP contribution in [0, 0.1) is 6.07 Å². The molecule has 80 valence electrons. The van der Waals surface area contributed by atoms with Crippen molar-refractivity contribution in [2.45, 2.75) is 32.8 Å². The average Bonchev–Trinajstić information content (AvgIpc) is 2.19. The fraction of sp³-hybridized carbons (Fsp3) is 0.500. The van der Waals surface area contributed by atoms with Crippen molar-refractivity contribution in [3.8, 4) is 0 Å². The molecule has 1 aromatic rings. The molecule has 0 fully saturated rings. The van der Waals surface area contributed by atoms with Gasteiger partial charge in [0.2, 0.25) is 0 Å². The molecule has 0 aromatic heterocycles. The normalized spacial score (nSPS) is 8.87. The second-order valence-corrected chi connectivity index (χ2v) is 3.15. The number of unbranched alkanes of at least 4 members (excludes halogenated alkanes) is 2. The molecule has 0 N–H and O–H groups in total. The molecule has 3 heteroatoms. The smallest absolute Gasteiger partial charge is 1.00 e. The zero-order valence-electron chi connectivity index (χ0n) is 9.34. The predicted molar refractivity (Wildman–Crippen MR) is 60.2 cm³/mol. The van der Waals surface area contributed by atoms with Crippen molar-refractivity contribution in [1.82, 2.24) is 0 Å². The summed E-state index contributed by atoms with van der Waals surface area (Å²) in [6, 6.07) is 11.1. The van der Waals surface area contributed by atoms with E-state index in [9.17, 15) is 0 Å². The topological polar surface area (TPSA) is 9.23 Å². The van der Waals surface area contributed by atoms with Crippen LogP contribution in [0.4, 0.5) is 0 Å². The van der Waals surface area contributed by atoms with E-state index in [1.165, 1.54) is 19.3 Å². The maximum atomic E-state index is 5.49. The van der Waals surface area contributed by atoms with Crippen LogP contribution >= 0.6 is 0 Å². The van der Waals surface area contributed by atoms with E-state index < -0.39 is 0 Å². The van der Waals surface area contributed by atoms with Gasteiger partial charge in [-0.25, -0.2) is 0 Å². The van der Waals surface area contributed by atoms with E-state index in [4.69, 9.17) is 4.74 Å². The standard InChI is InChI=1S/C12H17O.BrH.Mg/c1-2-3-7-10-13-11-12-8-5-4-6-9-12;;/h4-6,8H,2-3,7,10-11H2,1H3;1H;/q-1;;+2/p-1. The fourth-order valence-electron chi connectivity index (χ4n) is 1.16. The number of hydrogen-bond acceptors (Lipinski definition) is 1. The third kappa shape index (κ3) is 9.36. The number of ether oxygens (including phenoxy) is 1. The summed E-state index contributed by atoms with van der Waals surface area (Å²) in [6.07, 6.45) is 3.68. The van der Waals surface area contributed by atoms with Crippen molar-refractivity contribution in [2.75, 3.05) is 6.61 Å². The second kappa shape index (κ2) is 12.5. The summed E-state index contributed by atoms with van der Waals surface area (Å²) in [5.41, 5.74) is 1.14. The molecule has 0 aliphatic rings. The Bertz CT molecular complexity index is 216. The van der Waals surface area contributed by atoms with E-state index in [1.54, 1.807) is 0 Å². The van der Waals surface area contributed by atoms with Crippen molar-refractivity contribution >= 4 is 23.1 Å². The first-order valence-corrected chi connectivity index (χ1v) is 4.97. The van der Waals surface area contributed by atoms with Crippen LogP contribution in [-0.2, 0) is 11.3 Å². The van der Waals surface area contributed by atoms with Crippen LogP contribution in [0.2, 0.25) is 0 Å². The molecule has 0 aliphatic carbocycles. The summed E-state index contributed by atoms with van der Waals surface area (Å²) in [5.74, 6) is 0. The Morgan fingerprint density at radius 3 is 2.67 bits per heavy atom. The van der Waals surface area contributed by atoms with E-state index in [0.717, 1.165) is 12.2 Å². The predicted octanol–water partition coefficient (Wildman–Crippen LogP) is -0.183. The summed E-state index contributed by atoms with van der Waals surface area (Å²) in [4.78, 5) is 0. The van der Waals surface area contributed by atoms with Gasteiger partial charge in [0.05, 0.1) is 0 Å². The number of rotatable bonds is 6. The first kappa shape index (κ1) is 17.8. The minimum Gasteiger partial charge on any atom is -1.00 e. The quantitative estimate of drug-likeness (QED) is 0.399. The summed E-state index contributed by atoms with van der Waals surface area (Å²) in [7, 11) is 0. The first-order valence-electron chi connectivity index (χ1n) is 4.97. The maximum Gasteiger partial charge on any atom is 2.00 e. The third-order valence-corrected chi connectivity index (χ3v) is 1.92. The van der Waals surface area contributed by atoms with Gasteiger partial charge in [-0.2, -0.15) is 30.3 Å². The molecule has 1 aromatic carbocycles. The number of benzene rings is 1. The van der Waals surface area contributed by atoms with Gasteiger partial charge in [0, 0.05) is 13.2 Å². The van der Waals surface area contributed by atoms with Gasteiger partial charge in [-0.15, -0.1) is 5.56 Å². The molecule has 0 radical (unpaired) electrons. The molecule has 0 atom stereocenters. The van der Waals surface area contributed by atoms with Crippen LogP contribution in [-0.4, -0.2) is 29.7 Å². The van der Waals surface area contributed by atoms with Gasteiger partial charge < -0.3 is 21.7 Å². The molecule has 0 saturated heterocycles. The molecule has 0 heterocycles. The summed E-state index contributed by atoms with van der Waals surface area (Å²) in [5, 5.41) is 0. The van der Waals surface area contributed by atoms with Crippen molar-refractivity contribution < 1.29 is 21.7 Å².